The topological polar surface area (TPSA) is 64.3 Å². The quantitative estimate of drug-likeness (QED) is 0.786. The lowest BCUT2D eigenvalue weighted by molar-refractivity contribution is -0.117. The van der Waals surface area contributed by atoms with Crippen molar-refractivity contribution in [2.45, 2.75) is 19.9 Å². The van der Waals surface area contributed by atoms with E-state index in [0.29, 0.717) is 0 Å². The largest absolute Gasteiger partial charge is 0.497 e. The molecule has 1 rings (SSSR count). The first-order chi connectivity index (χ1) is 7.04. The fraction of sp³-hybridized carbons (Fsp3) is 0.364. The summed E-state index contributed by atoms with van der Waals surface area (Å²) in [5.74, 6) is 0.578. The standard InChI is InChI=1S/C11H16N2O2/c1-7-6-9(15-3)4-5-10(7)13-11(14)8(2)12/h4-6,8H,12H2,1-3H3,(H,13,14)/t8-/m0/s1. The van der Waals surface area contributed by atoms with Crippen molar-refractivity contribution in [2.24, 2.45) is 5.73 Å². The lowest BCUT2D eigenvalue weighted by Gasteiger charge is -2.11. The fourth-order valence-electron chi connectivity index (χ4n) is 1.15. The average Bonchev–Trinajstić information content (AvgIpc) is 2.20. The number of anilines is 1. The van der Waals surface area contributed by atoms with Gasteiger partial charge in [0, 0.05) is 5.69 Å². The minimum Gasteiger partial charge on any atom is -0.497 e. The first-order valence-corrected chi connectivity index (χ1v) is 4.75. The monoisotopic (exact) mass is 208 g/mol. The first-order valence-electron chi connectivity index (χ1n) is 4.75. The first kappa shape index (κ1) is 11.5. The highest BCUT2D eigenvalue weighted by atomic mass is 16.5. The highest BCUT2D eigenvalue weighted by Crippen LogP contribution is 2.20. The summed E-state index contributed by atoms with van der Waals surface area (Å²) in [6.45, 7) is 3.55. The number of rotatable bonds is 3. The molecule has 1 amide bonds. The number of hydrogen-bond acceptors (Lipinski definition) is 3. The predicted octanol–water partition coefficient (Wildman–Crippen LogP) is 1.29. The third kappa shape index (κ3) is 2.95. The van der Waals surface area contributed by atoms with Gasteiger partial charge in [-0.05, 0) is 37.6 Å². The van der Waals surface area contributed by atoms with Crippen LogP contribution in [-0.2, 0) is 4.79 Å². The third-order valence-corrected chi connectivity index (χ3v) is 2.11. The second-order valence-corrected chi connectivity index (χ2v) is 3.46. The predicted molar refractivity (Wildman–Crippen MR) is 60.0 cm³/mol. The average molecular weight is 208 g/mol. The number of carbonyl (C=O) groups is 1. The summed E-state index contributed by atoms with van der Waals surface area (Å²) in [5, 5.41) is 2.74. The molecule has 3 N–H and O–H groups in total. The Bertz CT molecular complexity index is 362. The minimum atomic E-state index is -0.508. The molecule has 15 heavy (non-hydrogen) atoms. The third-order valence-electron chi connectivity index (χ3n) is 2.11. The van der Waals surface area contributed by atoms with Gasteiger partial charge in [-0.25, -0.2) is 0 Å². The van der Waals surface area contributed by atoms with E-state index in [-0.39, 0.29) is 5.91 Å². The Morgan fingerprint density at radius 2 is 2.20 bits per heavy atom. The van der Waals surface area contributed by atoms with Gasteiger partial charge in [-0.15, -0.1) is 0 Å². The summed E-state index contributed by atoms with van der Waals surface area (Å²) in [6, 6.07) is 4.95. The van der Waals surface area contributed by atoms with Crippen LogP contribution in [0.2, 0.25) is 0 Å². The number of nitrogens with one attached hydrogen (secondary N) is 1. The zero-order chi connectivity index (χ0) is 11.4. The second kappa shape index (κ2) is 4.79. The van der Waals surface area contributed by atoms with Gasteiger partial charge >= 0.3 is 0 Å². The van der Waals surface area contributed by atoms with Gasteiger partial charge in [-0.1, -0.05) is 0 Å². The van der Waals surface area contributed by atoms with Crippen LogP contribution in [-0.4, -0.2) is 19.1 Å². The zero-order valence-corrected chi connectivity index (χ0v) is 9.20. The van der Waals surface area contributed by atoms with Crippen LogP contribution in [0.4, 0.5) is 5.69 Å². The summed E-state index contributed by atoms with van der Waals surface area (Å²) < 4.78 is 5.07. The van der Waals surface area contributed by atoms with Crippen LogP contribution in [0.15, 0.2) is 18.2 Å². The molecule has 0 bridgehead atoms. The van der Waals surface area contributed by atoms with E-state index in [2.05, 4.69) is 5.32 Å². The van der Waals surface area contributed by atoms with Crippen LogP contribution in [0.1, 0.15) is 12.5 Å². The maximum Gasteiger partial charge on any atom is 0.241 e. The molecule has 82 valence electrons. The van der Waals surface area contributed by atoms with E-state index in [0.717, 1.165) is 17.0 Å². The molecule has 0 aliphatic carbocycles. The summed E-state index contributed by atoms with van der Waals surface area (Å²) in [7, 11) is 1.61. The number of carbonyl (C=O) groups excluding carboxylic acids is 1. The van der Waals surface area contributed by atoms with Crippen LogP contribution >= 0.6 is 0 Å². The van der Waals surface area contributed by atoms with Gasteiger partial charge in [0.1, 0.15) is 5.75 Å². The molecule has 0 spiro atoms. The van der Waals surface area contributed by atoms with E-state index in [1.165, 1.54) is 0 Å². The number of benzene rings is 1. The highest BCUT2D eigenvalue weighted by molar-refractivity contribution is 5.95. The number of ether oxygens (including phenoxy) is 1. The molecule has 0 aliphatic rings. The van der Waals surface area contributed by atoms with Gasteiger partial charge in [-0.3, -0.25) is 4.79 Å². The van der Waals surface area contributed by atoms with Crippen molar-refractivity contribution in [3.63, 3.8) is 0 Å². The summed E-state index contributed by atoms with van der Waals surface area (Å²) >= 11 is 0. The van der Waals surface area contributed by atoms with E-state index in [9.17, 15) is 4.79 Å². The molecule has 4 heteroatoms. The molecule has 0 aliphatic heterocycles. The van der Waals surface area contributed by atoms with E-state index in [1.807, 2.05) is 13.0 Å². The molecule has 1 aromatic carbocycles. The van der Waals surface area contributed by atoms with Crippen molar-refractivity contribution < 1.29 is 9.53 Å². The molecule has 0 aromatic heterocycles. The Kier molecular flexibility index (Phi) is 3.68. The molecular weight excluding hydrogens is 192 g/mol. The van der Waals surface area contributed by atoms with Crippen molar-refractivity contribution in [1.82, 2.24) is 0 Å². The fourth-order valence-corrected chi connectivity index (χ4v) is 1.15. The van der Waals surface area contributed by atoms with Crippen molar-refractivity contribution >= 4 is 11.6 Å². The molecule has 1 aromatic rings. The van der Waals surface area contributed by atoms with Crippen LogP contribution in [0, 0.1) is 6.92 Å². The van der Waals surface area contributed by atoms with E-state index < -0.39 is 6.04 Å². The molecular formula is C11H16N2O2. The summed E-state index contributed by atoms with van der Waals surface area (Å²) in [5.41, 5.74) is 7.16. The number of aryl methyl sites for hydroxylation is 1. The zero-order valence-electron chi connectivity index (χ0n) is 9.20. The Balaban J connectivity index is 2.83. The van der Waals surface area contributed by atoms with Gasteiger partial charge < -0.3 is 15.8 Å². The van der Waals surface area contributed by atoms with Gasteiger partial charge in [0.15, 0.2) is 0 Å². The Morgan fingerprint density at radius 3 is 2.67 bits per heavy atom. The maximum absolute atomic E-state index is 11.4. The van der Waals surface area contributed by atoms with Crippen molar-refractivity contribution in [3.8, 4) is 5.75 Å². The number of hydrogen-bond donors (Lipinski definition) is 2. The van der Waals surface area contributed by atoms with E-state index >= 15 is 0 Å². The smallest absolute Gasteiger partial charge is 0.241 e. The van der Waals surface area contributed by atoms with Crippen LogP contribution < -0.4 is 15.8 Å². The lowest BCUT2D eigenvalue weighted by atomic mass is 10.2. The highest BCUT2D eigenvalue weighted by Gasteiger charge is 2.09. The minimum absolute atomic E-state index is 0.191. The molecule has 0 unspecified atom stereocenters. The Morgan fingerprint density at radius 1 is 1.53 bits per heavy atom. The van der Waals surface area contributed by atoms with Crippen molar-refractivity contribution in [1.29, 1.82) is 0 Å². The molecule has 4 nitrogen and oxygen atoms in total. The van der Waals surface area contributed by atoms with Crippen LogP contribution in [0.3, 0.4) is 0 Å². The molecule has 0 saturated carbocycles. The summed E-state index contributed by atoms with van der Waals surface area (Å²) in [6.07, 6.45) is 0. The van der Waals surface area contributed by atoms with Crippen LogP contribution in [0.5, 0.6) is 5.75 Å². The molecule has 0 radical (unpaired) electrons. The summed E-state index contributed by atoms with van der Waals surface area (Å²) in [4.78, 5) is 11.4. The van der Waals surface area contributed by atoms with Gasteiger partial charge in [0.2, 0.25) is 5.91 Å². The Hall–Kier alpha value is -1.55. The van der Waals surface area contributed by atoms with Gasteiger partial charge in [-0.2, -0.15) is 0 Å². The molecule has 0 heterocycles. The lowest BCUT2D eigenvalue weighted by Crippen LogP contribution is -2.32. The van der Waals surface area contributed by atoms with Crippen LogP contribution in [0.25, 0.3) is 0 Å². The van der Waals surface area contributed by atoms with E-state index in [1.54, 1.807) is 26.2 Å². The van der Waals surface area contributed by atoms with Crippen molar-refractivity contribution in [3.05, 3.63) is 23.8 Å². The van der Waals surface area contributed by atoms with E-state index in [4.69, 9.17) is 10.5 Å². The number of nitrogens with two attached hydrogens (primary N) is 1. The second-order valence-electron chi connectivity index (χ2n) is 3.46. The Labute approximate surface area is 89.4 Å². The van der Waals surface area contributed by atoms with Gasteiger partial charge in [0.05, 0.1) is 13.2 Å². The van der Waals surface area contributed by atoms with Crippen molar-refractivity contribution in [2.75, 3.05) is 12.4 Å². The molecule has 0 fully saturated rings. The number of methoxy groups -OCH3 is 1. The van der Waals surface area contributed by atoms with Gasteiger partial charge in [0.25, 0.3) is 0 Å². The maximum atomic E-state index is 11.4. The normalized spacial score (nSPS) is 12.0. The number of amides is 1. The SMILES string of the molecule is COc1ccc(NC(=O)[C@H](C)N)c(C)c1. The molecule has 0 saturated heterocycles. The molecule has 1 atom stereocenters.